The molecule has 1 aliphatic heterocycles. The number of ether oxygens (including phenoxy) is 2. The second-order valence-corrected chi connectivity index (χ2v) is 8.49. The number of hydrogen-bond donors (Lipinski definition) is 1. The average molecular weight is 410 g/mol. The fraction of sp³-hybridized carbons (Fsp3) is 0.318. The summed E-state index contributed by atoms with van der Waals surface area (Å²) in [5.74, 6) is 0.412. The molecule has 7 heteroatoms. The van der Waals surface area contributed by atoms with Gasteiger partial charge in [0, 0.05) is 29.4 Å². The summed E-state index contributed by atoms with van der Waals surface area (Å²) in [6.07, 6.45) is 0.910. The van der Waals surface area contributed by atoms with E-state index in [-0.39, 0.29) is 27.8 Å². The maximum atomic E-state index is 13.1. The number of nitrogens with two attached hydrogens (primary N) is 1. The van der Waals surface area contributed by atoms with Gasteiger partial charge < -0.3 is 15.2 Å². The number of methoxy groups -OCH3 is 1. The molecule has 1 aromatic carbocycles. The Morgan fingerprint density at radius 3 is 2.79 bits per heavy atom. The lowest BCUT2D eigenvalue weighted by molar-refractivity contribution is -0.119. The van der Waals surface area contributed by atoms with Gasteiger partial charge >= 0.3 is 0 Å². The SMILES string of the molecule is COc1ccc2nc(Cl)c([C@H]3C(C#N)=C(N)OC4=C3C(=O)CC(C)(C)C4)cc2c1. The first-order valence-corrected chi connectivity index (χ1v) is 9.60. The number of benzene rings is 1. The number of carbonyl (C=O) groups excluding carboxylic acids is 1. The highest BCUT2D eigenvalue weighted by Gasteiger charge is 2.43. The second-order valence-electron chi connectivity index (χ2n) is 8.13. The van der Waals surface area contributed by atoms with E-state index in [9.17, 15) is 10.1 Å². The van der Waals surface area contributed by atoms with Gasteiger partial charge in [-0.25, -0.2) is 4.98 Å². The summed E-state index contributed by atoms with van der Waals surface area (Å²) < 4.78 is 11.0. The molecule has 2 heterocycles. The van der Waals surface area contributed by atoms with Crippen LogP contribution in [-0.4, -0.2) is 17.9 Å². The highest BCUT2D eigenvalue weighted by atomic mass is 35.5. The number of Topliss-reactive ketones (excluding diaryl/α,β-unsaturated/α-hetero) is 1. The number of rotatable bonds is 2. The molecule has 0 saturated carbocycles. The number of halogens is 1. The van der Waals surface area contributed by atoms with Crippen molar-refractivity contribution in [2.75, 3.05) is 7.11 Å². The van der Waals surface area contributed by atoms with Crippen LogP contribution in [0.5, 0.6) is 5.75 Å². The third-order valence-corrected chi connectivity index (χ3v) is 5.69. The standard InChI is InChI=1S/C22H20ClN3O3/c1-22(2)8-16(27)19-17(9-22)29-21(25)14(10-24)18(19)13-7-11-6-12(28-3)4-5-15(11)26-20(13)23/h4-7,18H,8-9,25H2,1-3H3/t18-/m0/s1. The number of fused-ring (bicyclic) bond motifs is 1. The Bertz CT molecular complexity index is 1160. The van der Waals surface area contributed by atoms with E-state index in [1.54, 1.807) is 13.2 Å². The van der Waals surface area contributed by atoms with Gasteiger partial charge in [-0.15, -0.1) is 0 Å². The Balaban J connectivity index is 1.96. The van der Waals surface area contributed by atoms with Gasteiger partial charge in [-0.2, -0.15) is 5.26 Å². The molecular weight excluding hydrogens is 390 g/mol. The minimum atomic E-state index is -0.706. The zero-order valence-corrected chi connectivity index (χ0v) is 17.1. The third-order valence-electron chi connectivity index (χ3n) is 5.39. The molecule has 0 saturated heterocycles. The van der Waals surface area contributed by atoms with Crippen molar-refractivity contribution >= 4 is 28.3 Å². The molecule has 4 rings (SSSR count). The molecule has 2 aromatic rings. The van der Waals surface area contributed by atoms with Crippen molar-refractivity contribution in [3.8, 4) is 11.8 Å². The fourth-order valence-corrected chi connectivity index (χ4v) is 4.33. The van der Waals surface area contributed by atoms with Crippen LogP contribution >= 0.6 is 11.6 Å². The zero-order valence-electron chi connectivity index (χ0n) is 16.4. The van der Waals surface area contributed by atoms with E-state index in [1.165, 1.54) is 0 Å². The van der Waals surface area contributed by atoms with Crippen LogP contribution in [0.2, 0.25) is 5.15 Å². The van der Waals surface area contributed by atoms with Gasteiger partial charge in [-0.05, 0) is 29.7 Å². The molecule has 0 radical (unpaired) electrons. The average Bonchev–Trinajstić information content (AvgIpc) is 2.65. The molecule has 29 heavy (non-hydrogen) atoms. The van der Waals surface area contributed by atoms with Crippen LogP contribution in [0.1, 0.15) is 38.2 Å². The van der Waals surface area contributed by atoms with E-state index in [1.807, 2.05) is 32.0 Å². The van der Waals surface area contributed by atoms with Gasteiger partial charge in [0.25, 0.3) is 0 Å². The van der Waals surface area contributed by atoms with Gasteiger partial charge in [0.2, 0.25) is 5.88 Å². The maximum absolute atomic E-state index is 13.1. The summed E-state index contributed by atoms with van der Waals surface area (Å²) in [4.78, 5) is 17.6. The van der Waals surface area contributed by atoms with Gasteiger partial charge in [0.05, 0.1) is 18.5 Å². The summed E-state index contributed by atoms with van der Waals surface area (Å²) in [7, 11) is 1.58. The van der Waals surface area contributed by atoms with Crippen molar-refractivity contribution in [2.24, 2.45) is 11.1 Å². The van der Waals surface area contributed by atoms with Crippen LogP contribution in [0.4, 0.5) is 0 Å². The number of ketones is 1. The van der Waals surface area contributed by atoms with E-state index in [0.29, 0.717) is 41.0 Å². The highest BCUT2D eigenvalue weighted by Crippen LogP contribution is 2.49. The number of carbonyl (C=O) groups is 1. The van der Waals surface area contributed by atoms with E-state index < -0.39 is 5.92 Å². The molecular formula is C22H20ClN3O3. The molecule has 0 fully saturated rings. The smallest absolute Gasteiger partial charge is 0.205 e. The molecule has 0 spiro atoms. The number of pyridine rings is 1. The molecule has 1 atom stereocenters. The van der Waals surface area contributed by atoms with Crippen molar-refractivity contribution in [1.29, 1.82) is 5.26 Å². The fourth-order valence-electron chi connectivity index (χ4n) is 4.07. The number of nitriles is 1. The summed E-state index contributed by atoms with van der Waals surface area (Å²) >= 11 is 6.53. The van der Waals surface area contributed by atoms with Crippen LogP contribution in [0, 0.1) is 16.7 Å². The topological polar surface area (TPSA) is 98.2 Å². The Kier molecular flexibility index (Phi) is 4.51. The van der Waals surface area contributed by atoms with Crippen LogP contribution in [-0.2, 0) is 9.53 Å². The normalized spacial score (nSPS) is 20.9. The molecule has 6 nitrogen and oxygen atoms in total. The second kappa shape index (κ2) is 6.78. The molecule has 1 aromatic heterocycles. The van der Waals surface area contributed by atoms with Gasteiger partial charge in [0.15, 0.2) is 5.78 Å². The van der Waals surface area contributed by atoms with Crippen LogP contribution in [0.25, 0.3) is 10.9 Å². The Morgan fingerprint density at radius 1 is 1.34 bits per heavy atom. The Labute approximate surface area is 173 Å². The number of allylic oxidation sites excluding steroid dienone is 3. The largest absolute Gasteiger partial charge is 0.497 e. The summed E-state index contributed by atoms with van der Waals surface area (Å²) in [6, 6.07) is 9.39. The summed E-state index contributed by atoms with van der Waals surface area (Å²) in [5, 5.41) is 10.8. The van der Waals surface area contributed by atoms with Crippen molar-refractivity contribution in [2.45, 2.75) is 32.6 Å². The van der Waals surface area contributed by atoms with E-state index in [0.717, 1.165) is 5.39 Å². The quantitative estimate of drug-likeness (QED) is 0.740. The van der Waals surface area contributed by atoms with Crippen molar-refractivity contribution < 1.29 is 14.3 Å². The summed E-state index contributed by atoms with van der Waals surface area (Å²) in [6.45, 7) is 4.01. The monoisotopic (exact) mass is 409 g/mol. The molecule has 1 aliphatic carbocycles. The van der Waals surface area contributed by atoms with Crippen LogP contribution < -0.4 is 10.5 Å². The van der Waals surface area contributed by atoms with Gasteiger partial charge in [-0.1, -0.05) is 25.4 Å². The maximum Gasteiger partial charge on any atom is 0.205 e. The van der Waals surface area contributed by atoms with Crippen molar-refractivity contribution in [3.63, 3.8) is 0 Å². The first-order chi connectivity index (χ1) is 13.7. The van der Waals surface area contributed by atoms with E-state index in [4.69, 9.17) is 26.8 Å². The first-order valence-electron chi connectivity index (χ1n) is 9.22. The van der Waals surface area contributed by atoms with Crippen LogP contribution in [0.15, 0.2) is 47.1 Å². The molecule has 2 aliphatic rings. The van der Waals surface area contributed by atoms with E-state index >= 15 is 0 Å². The predicted octanol–water partition coefficient (Wildman–Crippen LogP) is 4.35. The molecule has 2 N–H and O–H groups in total. The van der Waals surface area contributed by atoms with Crippen molar-refractivity contribution in [3.05, 3.63) is 57.8 Å². The zero-order chi connectivity index (χ0) is 20.9. The van der Waals surface area contributed by atoms with Gasteiger partial charge in [-0.3, -0.25) is 4.79 Å². The Morgan fingerprint density at radius 2 is 2.10 bits per heavy atom. The minimum Gasteiger partial charge on any atom is -0.497 e. The highest BCUT2D eigenvalue weighted by molar-refractivity contribution is 6.31. The van der Waals surface area contributed by atoms with Crippen LogP contribution in [0.3, 0.4) is 0 Å². The number of nitrogens with zero attached hydrogens (tertiary/aromatic N) is 2. The number of hydrogen-bond acceptors (Lipinski definition) is 6. The molecule has 148 valence electrons. The third kappa shape index (κ3) is 3.22. The lowest BCUT2D eigenvalue weighted by Gasteiger charge is -2.37. The Hall–Kier alpha value is -3.04. The van der Waals surface area contributed by atoms with Gasteiger partial charge in [0.1, 0.15) is 28.3 Å². The predicted molar refractivity (Wildman–Crippen MR) is 109 cm³/mol. The lowest BCUT2D eigenvalue weighted by atomic mass is 9.70. The van der Waals surface area contributed by atoms with Crippen molar-refractivity contribution in [1.82, 2.24) is 4.98 Å². The van der Waals surface area contributed by atoms with E-state index in [2.05, 4.69) is 11.1 Å². The molecule has 0 bridgehead atoms. The number of aromatic nitrogens is 1. The first kappa shape index (κ1) is 19.3. The summed E-state index contributed by atoms with van der Waals surface area (Å²) in [5.41, 5.74) is 7.68. The molecule has 0 amide bonds. The molecule has 0 unspecified atom stereocenters. The lowest BCUT2D eigenvalue weighted by Crippen LogP contribution is -2.33. The minimum absolute atomic E-state index is 0.00329.